The van der Waals surface area contributed by atoms with E-state index in [1.54, 1.807) is 12.1 Å². The van der Waals surface area contributed by atoms with Crippen molar-refractivity contribution in [2.45, 2.75) is 0 Å². The molecule has 0 amide bonds. The molecular formula is C18H20N2O3S. The van der Waals surface area contributed by atoms with E-state index in [-0.39, 0.29) is 0 Å². The Kier molecular flexibility index (Phi) is 5.17. The fourth-order valence-electron chi connectivity index (χ4n) is 2.56. The topological polar surface area (TPSA) is 58.6 Å². The molecule has 24 heavy (non-hydrogen) atoms. The fraction of sp³-hybridized carbons (Fsp3) is 0.222. The maximum Gasteiger partial charge on any atom is 0.255 e. The lowest BCUT2D eigenvalue weighted by molar-refractivity contribution is 0.123. The lowest BCUT2D eigenvalue weighted by atomic mass is 10.2. The van der Waals surface area contributed by atoms with E-state index < -0.39 is 10.0 Å². The average molecular weight is 344 g/mol. The van der Waals surface area contributed by atoms with Crippen LogP contribution >= 0.6 is 0 Å². The first-order chi connectivity index (χ1) is 11.6. The second-order valence-corrected chi connectivity index (χ2v) is 7.04. The molecule has 0 saturated carbocycles. The Balaban J connectivity index is 1.78. The van der Waals surface area contributed by atoms with Crippen molar-refractivity contribution in [3.8, 4) is 0 Å². The molecule has 1 N–H and O–H groups in total. The number of sulfonamides is 1. The van der Waals surface area contributed by atoms with Crippen molar-refractivity contribution in [3.63, 3.8) is 0 Å². The Morgan fingerprint density at radius 3 is 2.38 bits per heavy atom. The first kappa shape index (κ1) is 16.5. The summed E-state index contributed by atoms with van der Waals surface area (Å²) in [6, 6.07) is 16.8. The number of anilines is 2. The van der Waals surface area contributed by atoms with E-state index in [1.807, 2.05) is 48.5 Å². The van der Waals surface area contributed by atoms with Crippen LogP contribution in [0, 0.1) is 0 Å². The molecule has 6 heteroatoms. The third-order valence-electron chi connectivity index (χ3n) is 3.75. The van der Waals surface area contributed by atoms with Crippen LogP contribution in [0.25, 0.3) is 6.08 Å². The predicted molar refractivity (Wildman–Crippen MR) is 97.5 cm³/mol. The van der Waals surface area contributed by atoms with E-state index in [2.05, 4.69) is 9.62 Å². The van der Waals surface area contributed by atoms with Crippen LogP contribution in [0.15, 0.2) is 60.0 Å². The third kappa shape index (κ3) is 4.37. The quantitative estimate of drug-likeness (QED) is 0.906. The second-order valence-electron chi connectivity index (χ2n) is 5.48. The van der Waals surface area contributed by atoms with Gasteiger partial charge in [0.05, 0.1) is 30.0 Å². The van der Waals surface area contributed by atoms with E-state index in [0.29, 0.717) is 18.9 Å². The van der Waals surface area contributed by atoms with Gasteiger partial charge in [-0.1, -0.05) is 42.5 Å². The first-order valence-corrected chi connectivity index (χ1v) is 9.36. The van der Waals surface area contributed by atoms with Gasteiger partial charge in [0.1, 0.15) is 0 Å². The van der Waals surface area contributed by atoms with Gasteiger partial charge in [0.25, 0.3) is 10.0 Å². The molecule has 0 atom stereocenters. The van der Waals surface area contributed by atoms with Gasteiger partial charge in [-0.2, -0.15) is 0 Å². The van der Waals surface area contributed by atoms with Crippen molar-refractivity contribution in [1.82, 2.24) is 0 Å². The Bertz CT molecular complexity index is 798. The molecule has 5 nitrogen and oxygen atoms in total. The molecule has 1 saturated heterocycles. The van der Waals surface area contributed by atoms with Crippen molar-refractivity contribution >= 4 is 27.5 Å². The SMILES string of the molecule is O=S(=O)(/C=C/c1ccccc1)Nc1ccccc1N1CCOCC1. The standard InChI is InChI=1S/C18H20N2O3S/c21-24(22,15-10-16-6-2-1-3-7-16)19-17-8-4-5-9-18(17)20-11-13-23-14-12-20/h1-10,15,19H,11-14H2/b15-10+. The molecule has 0 spiro atoms. The fourth-order valence-corrected chi connectivity index (χ4v) is 3.44. The molecule has 0 aliphatic carbocycles. The van der Waals surface area contributed by atoms with E-state index in [0.717, 1.165) is 24.3 Å². The van der Waals surface area contributed by atoms with Crippen LogP contribution in [0.1, 0.15) is 5.56 Å². The zero-order valence-corrected chi connectivity index (χ0v) is 14.1. The van der Waals surface area contributed by atoms with E-state index in [9.17, 15) is 8.42 Å². The smallest absolute Gasteiger partial charge is 0.255 e. The number of morpholine rings is 1. The van der Waals surface area contributed by atoms with Crippen molar-refractivity contribution in [1.29, 1.82) is 0 Å². The summed E-state index contributed by atoms with van der Waals surface area (Å²) in [6.45, 7) is 2.79. The average Bonchev–Trinajstić information content (AvgIpc) is 2.62. The highest BCUT2D eigenvalue weighted by Crippen LogP contribution is 2.27. The van der Waals surface area contributed by atoms with Gasteiger partial charge in [-0.05, 0) is 23.8 Å². The number of nitrogens with one attached hydrogen (secondary N) is 1. The van der Waals surface area contributed by atoms with Gasteiger partial charge < -0.3 is 9.64 Å². The Morgan fingerprint density at radius 1 is 0.958 bits per heavy atom. The monoisotopic (exact) mass is 344 g/mol. The number of rotatable bonds is 5. The van der Waals surface area contributed by atoms with E-state index in [1.165, 1.54) is 5.41 Å². The highest BCUT2D eigenvalue weighted by Gasteiger charge is 2.16. The number of para-hydroxylation sites is 2. The Labute approximate surface area is 142 Å². The summed E-state index contributed by atoms with van der Waals surface area (Å²) in [6.07, 6.45) is 1.58. The summed E-state index contributed by atoms with van der Waals surface area (Å²) in [5.41, 5.74) is 2.29. The molecular weight excluding hydrogens is 324 g/mol. The predicted octanol–water partition coefficient (Wildman–Crippen LogP) is 2.94. The summed E-state index contributed by atoms with van der Waals surface area (Å²) in [5.74, 6) is 0. The van der Waals surface area contributed by atoms with Crippen molar-refractivity contribution < 1.29 is 13.2 Å². The number of ether oxygens (including phenoxy) is 1. The van der Waals surface area contributed by atoms with Gasteiger partial charge >= 0.3 is 0 Å². The second kappa shape index (κ2) is 7.51. The molecule has 1 heterocycles. The minimum atomic E-state index is -3.58. The summed E-state index contributed by atoms with van der Waals surface area (Å²) in [5, 5.41) is 1.19. The minimum absolute atomic E-state index is 0.581. The van der Waals surface area contributed by atoms with E-state index >= 15 is 0 Å². The molecule has 0 unspecified atom stereocenters. The van der Waals surface area contributed by atoms with Gasteiger partial charge in [0.2, 0.25) is 0 Å². The summed E-state index contributed by atoms with van der Waals surface area (Å²) in [7, 11) is -3.58. The molecule has 3 rings (SSSR count). The number of nitrogens with zero attached hydrogens (tertiary/aromatic N) is 1. The van der Waals surface area contributed by atoms with Gasteiger partial charge in [0, 0.05) is 13.1 Å². The number of hydrogen-bond acceptors (Lipinski definition) is 4. The largest absolute Gasteiger partial charge is 0.378 e. The zero-order valence-electron chi connectivity index (χ0n) is 13.3. The van der Waals surface area contributed by atoms with Gasteiger partial charge in [-0.25, -0.2) is 8.42 Å². The molecule has 1 aliphatic heterocycles. The normalized spacial score (nSPS) is 15.6. The van der Waals surface area contributed by atoms with Crippen LogP contribution < -0.4 is 9.62 Å². The Hall–Kier alpha value is -2.31. The zero-order chi connectivity index (χ0) is 16.8. The maximum atomic E-state index is 12.4. The van der Waals surface area contributed by atoms with Crippen LogP contribution in [-0.2, 0) is 14.8 Å². The summed E-state index contributed by atoms with van der Waals surface area (Å²) >= 11 is 0. The van der Waals surface area contributed by atoms with Crippen LogP contribution in [0.2, 0.25) is 0 Å². The number of benzene rings is 2. The molecule has 126 valence electrons. The molecule has 1 aliphatic rings. The van der Waals surface area contributed by atoms with Crippen LogP contribution in [0.5, 0.6) is 0 Å². The minimum Gasteiger partial charge on any atom is -0.378 e. The van der Waals surface area contributed by atoms with Gasteiger partial charge in [-0.15, -0.1) is 0 Å². The summed E-state index contributed by atoms with van der Waals surface area (Å²) < 4.78 is 32.7. The third-order valence-corrected chi connectivity index (χ3v) is 4.75. The lowest BCUT2D eigenvalue weighted by Crippen LogP contribution is -2.36. The molecule has 0 bridgehead atoms. The van der Waals surface area contributed by atoms with Crippen LogP contribution in [0.4, 0.5) is 11.4 Å². The molecule has 2 aromatic carbocycles. The molecule has 0 aromatic heterocycles. The highest BCUT2D eigenvalue weighted by molar-refractivity contribution is 7.95. The van der Waals surface area contributed by atoms with Crippen LogP contribution in [0.3, 0.4) is 0 Å². The highest BCUT2D eigenvalue weighted by atomic mass is 32.2. The van der Waals surface area contributed by atoms with Gasteiger partial charge in [0.15, 0.2) is 0 Å². The van der Waals surface area contributed by atoms with Gasteiger partial charge in [-0.3, -0.25) is 4.72 Å². The molecule has 1 fully saturated rings. The Morgan fingerprint density at radius 2 is 1.62 bits per heavy atom. The van der Waals surface area contributed by atoms with Crippen molar-refractivity contribution in [3.05, 3.63) is 65.6 Å². The molecule has 2 aromatic rings. The lowest BCUT2D eigenvalue weighted by Gasteiger charge is -2.30. The first-order valence-electron chi connectivity index (χ1n) is 7.82. The summed E-state index contributed by atoms with van der Waals surface area (Å²) in [4.78, 5) is 2.13. The van der Waals surface area contributed by atoms with Crippen LogP contribution in [-0.4, -0.2) is 34.7 Å². The van der Waals surface area contributed by atoms with Crippen molar-refractivity contribution in [2.24, 2.45) is 0 Å². The molecule has 0 radical (unpaired) electrons. The number of hydrogen-bond donors (Lipinski definition) is 1. The maximum absolute atomic E-state index is 12.4. The van der Waals surface area contributed by atoms with E-state index in [4.69, 9.17) is 4.74 Å². The van der Waals surface area contributed by atoms with Crippen molar-refractivity contribution in [2.75, 3.05) is 35.9 Å².